The molecular weight excluding hydrogens is 663 g/mol. The number of anilines is 3. The summed E-state index contributed by atoms with van der Waals surface area (Å²) in [6, 6.07) is 53.5. The van der Waals surface area contributed by atoms with Gasteiger partial charge in [0.05, 0.1) is 5.69 Å². The maximum atomic E-state index is 2.54. The zero-order chi connectivity index (χ0) is 37.1. The van der Waals surface area contributed by atoms with Gasteiger partial charge >= 0.3 is 0 Å². The van der Waals surface area contributed by atoms with Crippen LogP contribution < -0.4 is 4.90 Å². The molecule has 0 radical (unpaired) electrons. The molecule has 4 bridgehead atoms. The van der Waals surface area contributed by atoms with Crippen molar-refractivity contribution >= 4 is 17.1 Å². The highest BCUT2D eigenvalue weighted by Gasteiger charge is 2.61. The fourth-order valence-corrected chi connectivity index (χ4v) is 13.0. The second-order valence-corrected chi connectivity index (χ2v) is 19.2. The molecule has 0 amide bonds. The zero-order valence-electron chi connectivity index (χ0n) is 33.0. The summed E-state index contributed by atoms with van der Waals surface area (Å²) >= 11 is 0. The molecule has 0 atom stereocenters. The minimum Gasteiger partial charge on any atom is -0.310 e. The Balaban J connectivity index is 1.05. The van der Waals surface area contributed by atoms with Gasteiger partial charge in [-0.1, -0.05) is 137 Å². The summed E-state index contributed by atoms with van der Waals surface area (Å²) in [5.74, 6) is 3.45. The predicted molar refractivity (Wildman–Crippen MR) is 231 cm³/mol. The molecule has 6 aromatic rings. The number of rotatable bonds is 5. The normalized spacial score (nSPS) is 26.0. The maximum Gasteiger partial charge on any atom is 0.0502 e. The van der Waals surface area contributed by atoms with E-state index in [0.29, 0.717) is 0 Å². The van der Waals surface area contributed by atoms with Crippen molar-refractivity contribution < 1.29 is 0 Å². The van der Waals surface area contributed by atoms with E-state index in [1.807, 2.05) is 0 Å². The zero-order valence-corrected chi connectivity index (χ0v) is 33.0. The average molecular weight is 716 g/mol. The van der Waals surface area contributed by atoms with Crippen LogP contribution in [-0.4, -0.2) is 0 Å². The van der Waals surface area contributed by atoms with Crippen LogP contribution in [-0.2, 0) is 16.2 Å². The van der Waals surface area contributed by atoms with Gasteiger partial charge in [-0.25, -0.2) is 0 Å². The lowest BCUT2D eigenvalue weighted by Gasteiger charge is -2.61. The standard InChI is InChI=1S/C54H53N/c1-52(2)28-29-53(3,4)51-48(52)18-11-19-49(51)55(42-24-20-38(21-25-42)37-12-6-5-7-13-37)43-26-22-39(23-27-43)44-15-10-17-47-50(44)45-14-8-9-16-46(45)54(47)40-31-35-30-36(33-40)34-41(54)32-35/h5-27,35-36,40-41H,28-34H2,1-4H3. The van der Waals surface area contributed by atoms with E-state index in [4.69, 9.17) is 0 Å². The number of hydrogen-bond donors (Lipinski definition) is 0. The van der Waals surface area contributed by atoms with E-state index in [1.165, 1.54) is 107 Å². The molecule has 6 aromatic carbocycles. The molecule has 6 aliphatic carbocycles. The Labute approximate surface area is 328 Å². The predicted octanol–water partition coefficient (Wildman–Crippen LogP) is 14.6. The third-order valence-electron chi connectivity index (χ3n) is 15.3. The molecule has 4 fully saturated rings. The van der Waals surface area contributed by atoms with Crippen molar-refractivity contribution in [3.8, 4) is 33.4 Å². The molecule has 55 heavy (non-hydrogen) atoms. The second kappa shape index (κ2) is 12.1. The van der Waals surface area contributed by atoms with Crippen LogP contribution in [0.3, 0.4) is 0 Å². The largest absolute Gasteiger partial charge is 0.310 e. The van der Waals surface area contributed by atoms with Gasteiger partial charge in [0.15, 0.2) is 0 Å². The first-order valence-electron chi connectivity index (χ1n) is 21.2. The van der Waals surface area contributed by atoms with Gasteiger partial charge in [-0.2, -0.15) is 0 Å². The number of nitrogens with zero attached hydrogens (tertiary/aromatic N) is 1. The van der Waals surface area contributed by atoms with E-state index in [9.17, 15) is 0 Å². The van der Waals surface area contributed by atoms with Crippen molar-refractivity contribution in [1.29, 1.82) is 0 Å². The van der Waals surface area contributed by atoms with Gasteiger partial charge in [-0.3, -0.25) is 0 Å². The summed E-state index contributed by atoms with van der Waals surface area (Å²) in [4.78, 5) is 2.54. The Morgan fingerprint density at radius 2 is 0.964 bits per heavy atom. The number of benzene rings is 6. The molecule has 4 saturated carbocycles. The Morgan fingerprint density at radius 1 is 0.436 bits per heavy atom. The Bertz CT molecular complexity index is 2400. The van der Waals surface area contributed by atoms with Crippen molar-refractivity contribution in [2.24, 2.45) is 23.7 Å². The topological polar surface area (TPSA) is 3.24 Å². The van der Waals surface area contributed by atoms with Gasteiger partial charge in [0.25, 0.3) is 0 Å². The molecule has 1 spiro atoms. The highest BCUT2D eigenvalue weighted by Crippen LogP contribution is 2.70. The lowest BCUT2D eigenvalue weighted by Crippen LogP contribution is -2.55. The molecule has 0 saturated heterocycles. The van der Waals surface area contributed by atoms with Crippen molar-refractivity contribution in [3.05, 3.63) is 162 Å². The lowest BCUT2D eigenvalue weighted by molar-refractivity contribution is -0.0399. The molecule has 0 aromatic heterocycles. The van der Waals surface area contributed by atoms with Crippen LogP contribution in [0.1, 0.15) is 94.9 Å². The van der Waals surface area contributed by atoms with Crippen LogP contribution in [0.15, 0.2) is 140 Å². The van der Waals surface area contributed by atoms with Crippen molar-refractivity contribution in [1.82, 2.24) is 0 Å². The Hall–Kier alpha value is -4.88. The minimum absolute atomic E-state index is 0.0650. The van der Waals surface area contributed by atoms with E-state index in [1.54, 1.807) is 11.1 Å². The smallest absolute Gasteiger partial charge is 0.0502 e. The van der Waals surface area contributed by atoms with E-state index >= 15 is 0 Å². The molecule has 0 N–H and O–H groups in total. The SMILES string of the molecule is CC1(C)CCC(C)(C)c2c(N(c3ccc(-c4ccccc4)cc3)c3ccc(-c4cccc5c4-c4ccccc4C54C5CC6CC(C5)CC4C6)cc3)cccc21. The summed E-state index contributed by atoms with van der Waals surface area (Å²) in [7, 11) is 0. The van der Waals surface area contributed by atoms with Crippen LogP contribution >= 0.6 is 0 Å². The molecule has 0 aliphatic heterocycles. The second-order valence-electron chi connectivity index (χ2n) is 19.2. The molecule has 12 rings (SSSR count). The van der Waals surface area contributed by atoms with Gasteiger partial charge in [-0.15, -0.1) is 0 Å². The summed E-state index contributed by atoms with van der Waals surface area (Å²) in [5, 5.41) is 0. The van der Waals surface area contributed by atoms with Crippen molar-refractivity contribution in [2.45, 2.75) is 88.9 Å². The Kier molecular flexibility index (Phi) is 7.34. The molecule has 6 aliphatic rings. The van der Waals surface area contributed by atoms with E-state index in [2.05, 4.69) is 172 Å². The van der Waals surface area contributed by atoms with Crippen molar-refractivity contribution in [3.63, 3.8) is 0 Å². The van der Waals surface area contributed by atoms with Gasteiger partial charge in [0.1, 0.15) is 0 Å². The van der Waals surface area contributed by atoms with E-state index in [0.717, 1.165) is 23.7 Å². The monoisotopic (exact) mass is 715 g/mol. The first-order valence-corrected chi connectivity index (χ1v) is 21.2. The highest BCUT2D eigenvalue weighted by molar-refractivity contribution is 5.94. The van der Waals surface area contributed by atoms with Crippen molar-refractivity contribution in [2.75, 3.05) is 4.90 Å². The third-order valence-corrected chi connectivity index (χ3v) is 15.3. The first-order chi connectivity index (χ1) is 26.7. The molecule has 1 heteroatoms. The third kappa shape index (κ3) is 4.90. The number of hydrogen-bond acceptors (Lipinski definition) is 1. The first kappa shape index (κ1) is 33.5. The fourth-order valence-electron chi connectivity index (χ4n) is 13.0. The molecule has 1 nitrogen and oxygen atoms in total. The average Bonchev–Trinajstić information content (AvgIpc) is 3.50. The molecule has 274 valence electrons. The minimum atomic E-state index is 0.0650. The van der Waals surface area contributed by atoms with Gasteiger partial charge < -0.3 is 4.90 Å². The van der Waals surface area contributed by atoms with E-state index in [-0.39, 0.29) is 16.2 Å². The van der Waals surface area contributed by atoms with Gasteiger partial charge in [-0.05, 0) is 165 Å². The quantitative estimate of drug-likeness (QED) is 0.172. The summed E-state index contributed by atoms with van der Waals surface area (Å²) in [6.45, 7) is 9.77. The molecule has 0 unspecified atom stereocenters. The van der Waals surface area contributed by atoms with Crippen LogP contribution in [0.2, 0.25) is 0 Å². The molecule has 0 heterocycles. The Morgan fingerprint density at radius 3 is 1.65 bits per heavy atom. The summed E-state index contributed by atoms with van der Waals surface area (Å²) < 4.78 is 0. The fraction of sp³-hybridized carbons (Fsp3) is 0.333. The van der Waals surface area contributed by atoms with Crippen LogP contribution in [0, 0.1) is 23.7 Å². The van der Waals surface area contributed by atoms with Crippen LogP contribution in [0.25, 0.3) is 33.4 Å². The highest BCUT2D eigenvalue weighted by atomic mass is 15.1. The van der Waals surface area contributed by atoms with Crippen LogP contribution in [0.5, 0.6) is 0 Å². The number of fused-ring (bicyclic) bond motifs is 4. The van der Waals surface area contributed by atoms with Crippen LogP contribution in [0.4, 0.5) is 17.1 Å². The van der Waals surface area contributed by atoms with Gasteiger partial charge in [0, 0.05) is 16.8 Å². The van der Waals surface area contributed by atoms with Gasteiger partial charge in [0.2, 0.25) is 0 Å². The lowest BCUT2D eigenvalue weighted by atomic mass is 9.43. The van der Waals surface area contributed by atoms with E-state index < -0.39 is 0 Å². The summed E-state index contributed by atoms with van der Waals surface area (Å²) in [6.07, 6.45) is 9.52. The summed E-state index contributed by atoms with van der Waals surface area (Å²) in [5.41, 5.74) is 18.5. The maximum absolute atomic E-state index is 2.54. The molecular formula is C54H53N.